The Hall–Kier alpha value is -1.09. The molecule has 0 fully saturated rings. The van der Waals surface area contributed by atoms with Crippen LogP contribution >= 0.6 is 11.6 Å². The van der Waals surface area contributed by atoms with Gasteiger partial charge in [-0.05, 0) is 24.1 Å². The number of nitrogens with zero attached hydrogens (tertiary/aromatic N) is 3. The molecule has 0 saturated carbocycles. The number of aromatic nitrogens is 3. The van der Waals surface area contributed by atoms with E-state index < -0.39 is 0 Å². The topological polar surface area (TPSA) is 30.7 Å². The van der Waals surface area contributed by atoms with E-state index in [1.807, 2.05) is 22.9 Å². The Kier molecular flexibility index (Phi) is 2.42. The minimum Gasteiger partial charge on any atom is -0.244 e. The average molecular weight is 210 g/mol. The van der Waals surface area contributed by atoms with Crippen molar-refractivity contribution in [1.82, 2.24) is 15.0 Å². The standard InChI is InChI=1S/C10H12ClN3/c1-7(2)6-14-10-5-8(11)3-4-9(10)12-13-14/h3-5,7H,6H2,1-2H3. The molecule has 4 heteroatoms. The Morgan fingerprint density at radius 3 is 2.93 bits per heavy atom. The molecule has 2 aromatic rings. The summed E-state index contributed by atoms with van der Waals surface area (Å²) >= 11 is 5.92. The van der Waals surface area contributed by atoms with Crippen LogP contribution in [-0.4, -0.2) is 15.0 Å². The van der Waals surface area contributed by atoms with Crippen molar-refractivity contribution in [3.8, 4) is 0 Å². The van der Waals surface area contributed by atoms with Gasteiger partial charge in [-0.1, -0.05) is 30.7 Å². The summed E-state index contributed by atoms with van der Waals surface area (Å²) in [6.45, 7) is 5.17. The van der Waals surface area contributed by atoms with E-state index in [4.69, 9.17) is 11.6 Å². The van der Waals surface area contributed by atoms with Gasteiger partial charge in [-0.15, -0.1) is 5.10 Å². The molecule has 1 aromatic carbocycles. The molecule has 0 atom stereocenters. The van der Waals surface area contributed by atoms with Gasteiger partial charge < -0.3 is 0 Å². The van der Waals surface area contributed by atoms with Crippen LogP contribution in [0.3, 0.4) is 0 Å². The van der Waals surface area contributed by atoms with Gasteiger partial charge in [-0.2, -0.15) is 0 Å². The summed E-state index contributed by atoms with van der Waals surface area (Å²) in [6, 6.07) is 5.62. The first-order valence-corrected chi connectivity index (χ1v) is 5.03. The zero-order valence-electron chi connectivity index (χ0n) is 8.24. The van der Waals surface area contributed by atoms with Crippen molar-refractivity contribution in [1.29, 1.82) is 0 Å². The Bertz CT molecular complexity index is 448. The second kappa shape index (κ2) is 3.58. The van der Waals surface area contributed by atoms with Crippen molar-refractivity contribution in [3.63, 3.8) is 0 Å². The third-order valence-electron chi connectivity index (χ3n) is 2.01. The van der Waals surface area contributed by atoms with Crippen molar-refractivity contribution in [3.05, 3.63) is 23.2 Å². The summed E-state index contributed by atoms with van der Waals surface area (Å²) in [7, 11) is 0. The first-order valence-electron chi connectivity index (χ1n) is 4.65. The van der Waals surface area contributed by atoms with Gasteiger partial charge in [0.15, 0.2) is 0 Å². The highest BCUT2D eigenvalue weighted by molar-refractivity contribution is 6.31. The maximum Gasteiger partial charge on any atom is 0.113 e. The molecule has 0 spiro atoms. The minimum atomic E-state index is 0.555. The molecule has 2 rings (SSSR count). The molecule has 0 amide bonds. The first kappa shape index (κ1) is 9.46. The molecule has 0 unspecified atom stereocenters. The normalized spacial score (nSPS) is 11.4. The zero-order valence-corrected chi connectivity index (χ0v) is 8.99. The summed E-state index contributed by atoms with van der Waals surface area (Å²) in [4.78, 5) is 0. The first-order chi connectivity index (χ1) is 6.66. The van der Waals surface area contributed by atoms with Gasteiger partial charge in [0.2, 0.25) is 0 Å². The van der Waals surface area contributed by atoms with Crippen molar-refractivity contribution < 1.29 is 0 Å². The fourth-order valence-electron chi connectivity index (χ4n) is 1.42. The number of halogens is 1. The Balaban J connectivity index is 2.50. The van der Waals surface area contributed by atoms with Crippen LogP contribution in [0.15, 0.2) is 18.2 Å². The maximum atomic E-state index is 5.92. The number of hydrogen-bond donors (Lipinski definition) is 0. The number of fused-ring (bicyclic) bond motifs is 1. The summed E-state index contributed by atoms with van der Waals surface area (Å²) in [5, 5.41) is 8.88. The van der Waals surface area contributed by atoms with Crippen LogP contribution in [0.25, 0.3) is 11.0 Å². The molecule has 0 aliphatic carbocycles. The monoisotopic (exact) mass is 209 g/mol. The zero-order chi connectivity index (χ0) is 10.1. The number of hydrogen-bond acceptors (Lipinski definition) is 2. The lowest BCUT2D eigenvalue weighted by molar-refractivity contribution is 0.483. The fraction of sp³-hybridized carbons (Fsp3) is 0.400. The van der Waals surface area contributed by atoms with Crippen LogP contribution in [0.5, 0.6) is 0 Å². The maximum absolute atomic E-state index is 5.92. The van der Waals surface area contributed by atoms with Crippen molar-refractivity contribution in [2.45, 2.75) is 20.4 Å². The molecule has 3 nitrogen and oxygen atoms in total. The molecular formula is C10H12ClN3. The largest absolute Gasteiger partial charge is 0.244 e. The van der Waals surface area contributed by atoms with Gasteiger partial charge in [0.05, 0.1) is 5.52 Å². The van der Waals surface area contributed by atoms with Crippen LogP contribution in [0.4, 0.5) is 0 Å². The van der Waals surface area contributed by atoms with E-state index in [1.165, 1.54) is 0 Å². The molecule has 0 aliphatic heterocycles. The van der Waals surface area contributed by atoms with Crippen molar-refractivity contribution >= 4 is 22.6 Å². The van der Waals surface area contributed by atoms with Gasteiger partial charge in [-0.3, -0.25) is 0 Å². The van der Waals surface area contributed by atoms with Crippen LogP contribution in [0.2, 0.25) is 5.02 Å². The van der Waals surface area contributed by atoms with E-state index in [0.717, 1.165) is 22.6 Å². The molecule has 0 radical (unpaired) electrons. The minimum absolute atomic E-state index is 0.555. The molecule has 74 valence electrons. The molecule has 0 bridgehead atoms. The molecule has 0 saturated heterocycles. The Labute approximate surface area is 87.7 Å². The van der Waals surface area contributed by atoms with Gasteiger partial charge in [0, 0.05) is 11.6 Å². The Morgan fingerprint density at radius 2 is 2.21 bits per heavy atom. The molecule has 14 heavy (non-hydrogen) atoms. The molecule has 0 aliphatic rings. The highest BCUT2D eigenvalue weighted by Crippen LogP contribution is 2.17. The van der Waals surface area contributed by atoms with Gasteiger partial charge >= 0.3 is 0 Å². The predicted octanol–water partition coefficient (Wildman–Crippen LogP) is 2.74. The molecule has 0 N–H and O–H groups in total. The van der Waals surface area contributed by atoms with E-state index >= 15 is 0 Å². The molecule has 1 heterocycles. The van der Waals surface area contributed by atoms with Crippen LogP contribution in [0, 0.1) is 5.92 Å². The van der Waals surface area contributed by atoms with Crippen molar-refractivity contribution in [2.24, 2.45) is 5.92 Å². The van der Waals surface area contributed by atoms with E-state index in [0.29, 0.717) is 5.92 Å². The van der Waals surface area contributed by atoms with E-state index in [9.17, 15) is 0 Å². The quantitative estimate of drug-likeness (QED) is 0.762. The van der Waals surface area contributed by atoms with Crippen LogP contribution in [0.1, 0.15) is 13.8 Å². The van der Waals surface area contributed by atoms with Gasteiger partial charge in [0.1, 0.15) is 5.52 Å². The Morgan fingerprint density at radius 1 is 1.43 bits per heavy atom. The fourth-order valence-corrected chi connectivity index (χ4v) is 1.59. The number of rotatable bonds is 2. The summed E-state index contributed by atoms with van der Waals surface area (Å²) < 4.78 is 1.89. The average Bonchev–Trinajstić information content (AvgIpc) is 2.47. The summed E-state index contributed by atoms with van der Waals surface area (Å²) in [5.74, 6) is 0.555. The molecule has 1 aromatic heterocycles. The third kappa shape index (κ3) is 1.73. The van der Waals surface area contributed by atoms with E-state index in [1.54, 1.807) is 0 Å². The van der Waals surface area contributed by atoms with E-state index in [-0.39, 0.29) is 0 Å². The lowest BCUT2D eigenvalue weighted by atomic mass is 10.2. The molecular weight excluding hydrogens is 198 g/mol. The lowest BCUT2D eigenvalue weighted by Gasteiger charge is -2.04. The van der Waals surface area contributed by atoms with Gasteiger partial charge in [-0.25, -0.2) is 4.68 Å². The second-order valence-electron chi connectivity index (χ2n) is 3.80. The van der Waals surface area contributed by atoms with Crippen LogP contribution in [-0.2, 0) is 6.54 Å². The van der Waals surface area contributed by atoms with Crippen LogP contribution < -0.4 is 0 Å². The van der Waals surface area contributed by atoms with Crippen molar-refractivity contribution in [2.75, 3.05) is 0 Å². The summed E-state index contributed by atoms with van der Waals surface area (Å²) in [5.41, 5.74) is 1.90. The highest BCUT2D eigenvalue weighted by Gasteiger charge is 2.05. The van der Waals surface area contributed by atoms with E-state index in [2.05, 4.69) is 24.2 Å². The second-order valence-corrected chi connectivity index (χ2v) is 4.23. The highest BCUT2D eigenvalue weighted by atomic mass is 35.5. The predicted molar refractivity (Wildman–Crippen MR) is 57.4 cm³/mol. The third-order valence-corrected chi connectivity index (χ3v) is 2.25. The van der Waals surface area contributed by atoms with Gasteiger partial charge in [0.25, 0.3) is 0 Å². The smallest absolute Gasteiger partial charge is 0.113 e. The summed E-state index contributed by atoms with van der Waals surface area (Å²) in [6.07, 6.45) is 0. The lowest BCUT2D eigenvalue weighted by Crippen LogP contribution is -2.05. The number of benzene rings is 1. The SMILES string of the molecule is CC(C)Cn1nnc2ccc(Cl)cc21.